The molecule has 0 atom stereocenters. The maximum Gasteiger partial charge on any atom is 0.335 e. The van der Waals surface area contributed by atoms with Crippen LogP contribution in [0.15, 0.2) is 60.2 Å². The van der Waals surface area contributed by atoms with E-state index in [9.17, 15) is 14.4 Å². The molecule has 0 aliphatic carbocycles. The van der Waals surface area contributed by atoms with Crippen LogP contribution in [0.5, 0.6) is 5.75 Å². The Morgan fingerprint density at radius 3 is 2.48 bits per heavy atom. The number of imide groups is 2. The van der Waals surface area contributed by atoms with Gasteiger partial charge in [0.1, 0.15) is 11.3 Å². The van der Waals surface area contributed by atoms with Crippen molar-refractivity contribution in [1.29, 1.82) is 0 Å². The number of rotatable bonds is 4. The third kappa shape index (κ3) is 3.68. The molecule has 1 heterocycles. The minimum Gasteiger partial charge on any atom is -0.493 e. The van der Waals surface area contributed by atoms with Crippen molar-refractivity contribution in [1.82, 2.24) is 5.32 Å². The van der Waals surface area contributed by atoms with E-state index in [-0.39, 0.29) is 5.57 Å². The number of amides is 4. The molecular weight excluding hydrogens is 392 g/mol. The number of urea groups is 1. The van der Waals surface area contributed by atoms with Crippen molar-refractivity contribution in [3.8, 4) is 5.75 Å². The number of ether oxygens (including phenoxy) is 1. The van der Waals surface area contributed by atoms with Gasteiger partial charge in [0.05, 0.1) is 12.3 Å². The Bertz CT molecular complexity index is 1260. The lowest BCUT2D eigenvalue weighted by Crippen LogP contribution is -2.54. The Balaban J connectivity index is 1.86. The van der Waals surface area contributed by atoms with Crippen molar-refractivity contribution in [3.63, 3.8) is 0 Å². The number of hydrogen-bond acceptors (Lipinski definition) is 4. The zero-order valence-electron chi connectivity index (χ0n) is 17.6. The Kier molecular flexibility index (Phi) is 5.29. The lowest BCUT2D eigenvalue weighted by Gasteiger charge is -2.27. The first-order chi connectivity index (χ1) is 14.9. The molecule has 1 fully saturated rings. The summed E-state index contributed by atoms with van der Waals surface area (Å²) in [7, 11) is 0. The molecule has 1 N–H and O–H groups in total. The lowest BCUT2D eigenvalue weighted by molar-refractivity contribution is -0.122. The quantitative estimate of drug-likeness (QED) is 0.503. The highest BCUT2D eigenvalue weighted by Gasteiger charge is 2.37. The van der Waals surface area contributed by atoms with Crippen molar-refractivity contribution >= 4 is 40.4 Å². The first kappa shape index (κ1) is 20.3. The van der Waals surface area contributed by atoms with Gasteiger partial charge in [0.2, 0.25) is 0 Å². The number of nitrogens with zero attached hydrogens (tertiary/aromatic N) is 1. The van der Waals surface area contributed by atoms with Crippen LogP contribution in [0.1, 0.15) is 23.6 Å². The van der Waals surface area contributed by atoms with E-state index in [1.807, 2.05) is 63.2 Å². The standard InChI is InChI=1S/C25H22N2O4/c1-4-31-22-12-10-17-7-5-6-8-19(17)20(22)14-21-23(28)26-25(30)27(24(21)29)18-11-9-15(2)16(3)13-18/h5-14H,4H2,1-3H3,(H,26,28,30)/b21-14+. The summed E-state index contributed by atoms with van der Waals surface area (Å²) in [5.41, 5.74) is 2.88. The average molecular weight is 414 g/mol. The molecule has 0 aromatic heterocycles. The predicted molar refractivity (Wildman–Crippen MR) is 120 cm³/mol. The fourth-order valence-electron chi connectivity index (χ4n) is 3.61. The summed E-state index contributed by atoms with van der Waals surface area (Å²) in [5, 5.41) is 4.07. The average Bonchev–Trinajstić information content (AvgIpc) is 2.74. The highest BCUT2D eigenvalue weighted by molar-refractivity contribution is 6.39. The topological polar surface area (TPSA) is 75.7 Å². The summed E-state index contributed by atoms with van der Waals surface area (Å²) in [5.74, 6) is -0.846. The molecule has 6 nitrogen and oxygen atoms in total. The summed E-state index contributed by atoms with van der Waals surface area (Å²) >= 11 is 0. The van der Waals surface area contributed by atoms with Crippen molar-refractivity contribution in [2.45, 2.75) is 20.8 Å². The van der Waals surface area contributed by atoms with Crippen LogP contribution in [-0.4, -0.2) is 24.5 Å². The van der Waals surface area contributed by atoms with Gasteiger partial charge in [-0.05, 0) is 66.9 Å². The molecule has 0 bridgehead atoms. The number of barbiturate groups is 1. The monoisotopic (exact) mass is 414 g/mol. The molecule has 0 spiro atoms. The Morgan fingerprint density at radius 2 is 1.74 bits per heavy atom. The molecule has 0 radical (unpaired) electrons. The second-order valence-electron chi connectivity index (χ2n) is 7.36. The van der Waals surface area contributed by atoms with E-state index in [0.29, 0.717) is 23.6 Å². The molecule has 3 aromatic rings. The number of fused-ring (bicyclic) bond motifs is 1. The van der Waals surface area contributed by atoms with E-state index in [1.165, 1.54) is 6.08 Å². The van der Waals surface area contributed by atoms with Gasteiger partial charge in [-0.15, -0.1) is 0 Å². The van der Waals surface area contributed by atoms with E-state index < -0.39 is 17.8 Å². The molecule has 31 heavy (non-hydrogen) atoms. The zero-order valence-corrected chi connectivity index (χ0v) is 17.6. The number of carbonyl (C=O) groups is 3. The molecule has 1 aliphatic heterocycles. The summed E-state index contributed by atoms with van der Waals surface area (Å²) in [6.45, 7) is 6.14. The first-order valence-electron chi connectivity index (χ1n) is 10.0. The molecule has 0 unspecified atom stereocenters. The van der Waals surface area contributed by atoms with Gasteiger partial charge in [-0.1, -0.05) is 36.4 Å². The van der Waals surface area contributed by atoms with E-state index in [2.05, 4.69) is 5.32 Å². The van der Waals surface area contributed by atoms with E-state index in [4.69, 9.17) is 4.74 Å². The van der Waals surface area contributed by atoms with Crippen LogP contribution >= 0.6 is 0 Å². The highest BCUT2D eigenvalue weighted by Crippen LogP contribution is 2.32. The fraction of sp³-hybridized carbons (Fsp3) is 0.160. The van der Waals surface area contributed by atoms with Gasteiger partial charge in [-0.3, -0.25) is 14.9 Å². The first-order valence-corrected chi connectivity index (χ1v) is 10.0. The SMILES string of the molecule is CCOc1ccc2ccccc2c1/C=C1\C(=O)NC(=O)N(c2ccc(C)c(C)c2)C1=O. The van der Waals surface area contributed by atoms with Gasteiger partial charge in [0.15, 0.2) is 0 Å². The smallest absolute Gasteiger partial charge is 0.335 e. The van der Waals surface area contributed by atoms with E-state index in [0.717, 1.165) is 26.8 Å². The van der Waals surface area contributed by atoms with Gasteiger partial charge in [0.25, 0.3) is 11.8 Å². The van der Waals surface area contributed by atoms with Crippen molar-refractivity contribution < 1.29 is 19.1 Å². The van der Waals surface area contributed by atoms with E-state index >= 15 is 0 Å². The van der Waals surface area contributed by atoms with Crippen LogP contribution in [0.2, 0.25) is 0 Å². The van der Waals surface area contributed by atoms with Crippen molar-refractivity contribution in [3.05, 3.63) is 76.9 Å². The molecule has 1 aliphatic rings. The van der Waals surface area contributed by atoms with Crippen LogP contribution < -0.4 is 15.0 Å². The summed E-state index contributed by atoms with van der Waals surface area (Å²) < 4.78 is 5.75. The van der Waals surface area contributed by atoms with Crippen LogP contribution in [0, 0.1) is 13.8 Å². The maximum atomic E-state index is 13.3. The van der Waals surface area contributed by atoms with Crippen LogP contribution in [0.4, 0.5) is 10.5 Å². The number of hydrogen-bond donors (Lipinski definition) is 1. The Morgan fingerprint density at radius 1 is 0.968 bits per heavy atom. The predicted octanol–water partition coefficient (Wildman–Crippen LogP) is 4.52. The molecule has 1 saturated heterocycles. The van der Waals surface area contributed by atoms with Crippen molar-refractivity contribution in [2.24, 2.45) is 0 Å². The summed E-state index contributed by atoms with van der Waals surface area (Å²) in [6, 6.07) is 15.9. The number of nitrogens with one attached hydrogen (secondary N) is 1. The van der Waals surface area contributed by atoms with E-state index in [1.54, 1.807) is 12.1 Å². The van der Waals surface area contributed by atoms with Gasteiger partial charge in [0, 0.05) is 5.56 Å². The third-order valence-corrected chi connectivity index (χ3v) is 5.37. The fourth-order valence-corrected chi connectivity index (χ4v) is 3.61. The number of benzene rings is 3. The van der Waals surface area contributed by atoms with Crippen LogP contribution in [0.3, 0.4) is 0 Å². The summed E-state index contributed by atoms with van der Waals surface area (Å²) in [6.07, 6.45) is 1.51. The molecule has 4 amide bonds. The van der Waals surface area contributed by atoms with Gasteiger partial charge >= 0.3 is 6.03 Å². The number of aryl methyl sites for hydroxylation is 2. The van der Waals surface area contributed by atoms with Crippen LogP contribution in [-0.2, 0) is 9.59 Å². The Labute approximate surface area is 180 Å². The highest BCUT2D eigenvalue weighted by atomic mass is 16.5. The molecule has 6 heteroatoms. The number of carbonyl (C=O) groups excluding carboxylic acids is 3. The zero-order chi connectivity index (χ0) is 22.1. The van der Waals surface area contributed by atoms with Crippen molar-refractivity contribution in [2.75, 3.05) is 11.5 Å². The molecular formula is C25H22N2O4. The summed E-state index contributed by atoms with van der Waals surface area (Å²) in [4.78, 5) is 39.4. The largest absolute Gasteiger partial charge is 0.493 e. The van der Waals surface area contributed by atoms with Gasteiger partial charge in [-0.25, -0.2) is 9.69 Å². The lowest BCUT2D eigenvalue weighted by atomic mass is 9.99. The molecule has 156 valence electrons. The molecule has 4 rings (SSSR count). The Hall–Kier alpha value is -3.93. The maximum absolute atomic E-state index is 13.3. The van der Waals surface area contributed by atoms with Gasteiger partial charge in [-0.2, -0.15) is 0 Å². The minimum atomic E-state index is -0.765. The number of anilines is 1. The van der Waals surface area contributed by atoms with Crippen LogP contribution in [0.25, 0.3) is 16.8 Å². The molecule has 3 aromatic carbocycles. The third-order valence-electron chi connectivity index (χ3n) is 5.37. The normalized spacial score (nSPS) is 15.5. The minimum absolute atomic E-state index is 0.130. The second kappa shape index (κ2) is 8.07. The second-order valence-corrected chi connectivity index (χ2v) is 7.36. The van der Waals surface area contributed by atoms with Gasteiger partial charge < -0.3 is 4.74 Å². The molecule has 0 saturated carbocycles.